The molecule has 0 aromatic carbocycles. The van der Waals surface area contributed by atoms with Gasteiger partial charge in [-0.2, -0.15) is 0 Å². The molecule has 2 unspecified atom stereocenters. The Morgan fingerprint density at radius 3 is 2.58 bits per heavy atom. The smallest absolute Gasteiger partial charge is 0.251 e. The summed E-state index contributed by atoms with van der Waals surface area (Å²) >= 11 is 0. The van der Waals surface area contributed by atoms with Crippen LogP contribution in [0.4, 0.5) is 0 Å². The zero-order valence-corrected chi connectivity index (χ0v) is 11.6. The topological polar surface area (TPSA) is 58.8 Å². The first-order valence-corrected chi connectivity index (χ1v) is 7.64. The van der Waals surface area contributed by atoms with E-state index in [1.807, 2.05) is 4.90 Å². The first-order valence-electron chi connectivity index (χ1n) is 7.64. The van der Waals surface area contributed by atoms with Gasteiger partial charge >= 0.3 is 0 Å². The van der Waals surface area contributed by atoms with E-state index < -0.39 is 0 Å². The molecule has 2 atom stereocenters. The van der Waals surface area contributed by atoms with Crippen molar-refractivity contribution >= 4 is 5.91 Å². The van der Waals surface area contributed by atoms with Gasteiger partial charge in [0.25, 0.3) is 5.91 Å². The molecule has 3 heterocycles. The fraction of sp³-hybridized carbons (Fsp3) is 0.929. The second kappa shape index (κ2) is 5.77. The number of carbonyl (C=O) groups excluding carboxylic acids is 1. The van der Waals surface area contributed by atoms with Crippen LogP contribution in [0.2, 0.25) is 0 Å². The number of rotatable bonds is 2. The maximum absolute atomic E-state index is 12.3. The maximum Gasteiger partial charge on any atom is 0.251 e. The number of piperidine rings is 1. The number of nitrogens with two attached hydrogens (primary N) is 1. The van der Waals surface area contributed by atoms with Crippen LogP contribution >= 0.6 is 0 Å². The quantitative estimate of drug-likeness (QED) is 0.776. The monoisotopic (exact) mass is 267 g/mol. The Balaban J connectivity index is 1.50. The molecule has 0 spiro atoms. The Morgan fingerprint density at radius 1 is 1.11 bits per heavy atom. The highest BCUT2D eigenvalue weighted by molar-refractivity contribution is 5.81. The van der Waals surface area contributed by atoms with E-state index >= 15 is 0 Å². The van der Waals surface area contributed by atoms with E-state index in [-0.39, 0.29) is 12.0 Å². The number of amides is 1. The lowest BCUT2D eigenvalue weighted by Crippen LogP contribution is -2.47. The Hall–Kier alpha value is -0.650. The molecular formula is C14H25N3O2. The molecule has 3 fully saturated rings. The molecule has 3 rings (SSSR count). The van der Waals surface area contributed by atoms with E-state index in [0.717, 1.165) is 64.9 Å². The minimum Gasteiger partial charge on any atom is -0.368 e. The van der Waals surface area contributed by atoms with Gasteiger partial charge in [-0.15, -0.1) is 0 Å². The molecule has 5 nitrogen and oxygen atoms in total. The third-order valence-electron chi connectivity index (χ3n) is 4.77. The Labute approximate surface area is 115 Å². The molecule has 108 valence electrons. The summed E-state index contributed by atoms with van der Waals surface area (Å²) in [5.41, 5.74) is 5.95. The van der Waals surface area contributed by atoms with Crippen LogP contribution in [0.1, 0.15) is 32.1 Å². The van der Waals surface area contributed by atoms with Crippen LogP contribution in [-0.2, 0) is 9.53 Å². The minimum atomic E-state index is -0.159. The number of carbonyl (C=O) groups is 1. The Kier molecular flexibility index (Phi) is 4.05. The number of likely N-dealkylation sites (tertiary alicyclic amines) is 2. The van der Waals surface area contributed by atoms with E-state index in [4.69, 9.17) is 10.5 Å². The van der Waals surface area contributed by atoms with Crippen molar-refractivity contribution in [2.75, 3.05) is 32.8 Å². The molecule has 0 radical (unpaired) electrons. The molecule has 3 aliphatic rings. The van der Waals surface area contributed by atoms with Crippen molar-refractivity contribution < 1.29 is 9.53 Å². The molecule has 0 aromatic rings. The van der Waals surface area contributed by atoms with E-state index in [1.54, 1.807) is 0 Å². The molecule has 0 bridgehead atoms. The van der Waals surface area contributed by atoms with Gasteiger partial charge in [-0.25, -0.2) is 0 Å². The molecule has 3 aliphatic heterocycles. The summed E-state index contributed by atoms with van der Waals surface area (Å²) in [7, 11) is 0. The first-order chi connectivity index (χ1) is 9.24. The van der Waals surface area contributed by atoms with Crippen molar-refractivity contribution in [3.63, 3.8) is 0 Å². The van der Waals surface area contributed by atoms with E-state index in [1.165, 1.54) is 0 Å². The molecular weight excluding hydrogens is 242 g/mol. The molecule has 3 saturated heterocycles. The highest BCUT2D eigenvalue weighted by Crippen LogP contribution is 2.22. The first kappa shape index (κ1) is 13.3. The third-order valence-corrected chi connectivity index (χ3v) is 4.77. The van der Waals surface area contributed by atoms with Crippen LogP contribution in [0.25, 0.3) is 0 Å². The van der Waals surface area contributed by atoms with Crippen molar-refractivity contribution in [1.82, 2.24) is 9.80 Å². The van der Waals surface area contributed by atoms with Gasteiger partial charge in [-0.05, 0) is 45.2 Å². The normalized spacial score (nSPS) is 34.1. The van der Waals surface area contributed by atoms with Gasteiger partial charge in [0, 0.05) is 31.8 Å². The van der Waals surface area contributed by atoms with Gasteiger partial charge in [0.2, 0.25) is 0 Å². The standard InChI is InChI=1S/C14H25N3O2/c15-11-3-6-16(7-4-11)12-5-8-17(10-12)14(18)13-2-1-9-19-13/h11-13H,1-10,15H2. The van der Waals surface area contributed by atoms with E-state index in [0.29, 0.717) is 12.1 Å². The van der Waals surface area contributed by atoms with E-state index in [2.05, 4.69) is 4.90 Å². The van der Waals surface area contributed by atoms with Gasteiger partial charge in [0.1, 0.15) is 6.10 Å². The lowest BCUT2D eigenvalue weighted by Gasteiger charge is -2.34. The Morgan fingerprint density at radius 2 is 1.89 bits per heavy atom. The third kappa shape index (κ3) is 2.93. The summed E-state index contributed by atoms with van der Waals surface area (Å²) in [5, 5.41) is 0. The molecule has 5 heteroatoms. The summed E-state index contributed by atoms with van der Waals surface area (Å²) in [5.74, 6) is 0.216. The van der Waals surface area contributed by atoms with Gasteiger partial charge in [0.15, 0.2) is 0 Å². The minimum absolute atomic E-state index is 0.159. The summed E-state index contributed by atoms with van der Waals surface area (Å²) in [6.07, 6.45) is 5.06. The highest BCUT2D eigenvalue weighted by Gasteiger charge is 2.35. The van der Waals surface area contributed by atoms with Crippen molar-refractivity contribution in [2.24, 2.45) is 5.73 Å². The maximum atomic E-state index is 12.3. The average molecular weight is 267 g/mol. The van der Waals surface area contributed by atoms with Crippen LogP contribution in [0.15, 0.2) is 0 Å². The SMILES string of the molecule is NC1CCN(C2CCN(C(=O)C3CCCO3)C2)CC1. The van der Waals surface area contributed by atoms with E-state index in [9.17, 15) is 4.79 Å². The highest BCUT2D eigenvalue weighted by atomic mass is 16.5. The van der Waals surface area contributed by atoms with Crippen molar-refractivity contribution in [3.05, 3.63) is 0 Å². The predicted octanol–water partition coefficient (Wildman–Crippen LogP) is 0.189. The second-order valence-electron chi connectivity index (χ2n) is 6.10. The van der Waals surface area contributed by atoms with Gasteiger partial charge in [-0.3, -0.25) is 9.69 Å². The second-order valence-corrected chi connectivity index (χ2v) is 6.10. The zero-order valence-electron chi connectivity index (χ0n) is 11.6. The fourth-order valence-electron chi connectivity index (χ4n) is 3.50. The van der Waals surface area contributed by atoms with Crippen LogP contribution in [0.5, 0.6) is 0 Å². The summed E-state index contributed by atoms with van der Waals surface area (Å²) in [4.78, 5) is 16.8. The van der Waals surface area contributed by atoms with Crippen LogP contribution in [0, 0.1) is 0 Å². The number of nitrogens with zero attached hydrogens (tertiary/aromatic N) is 2. The van der Waals surface area contributed by atoms with Crippen molar-refractivity contribution in [3.8, 4) is 0 Å². The number of hydrogen-bond donors (Lipinski definition) is 1. The largest absolute Gasteiger partial charge is 0.368 e. The summed E-state index contributed by atoms with van der Waals surface area (Å²) < 4.78 is 5.50. The number of hydrogen-bond acceptors (Lipinski definition) is 4. The van der Waals surface area contributed by atoms with Gasteiger partial charge < -0.3 is 15.4 Å². The molecule has 0 aliphatic carbocycles. The molecule has 2 N–H and O–H groups in total. The number of ether oxygens (including phenoxy) is 1. The molecule has 0 saturated carbocycles. The Bertz CT molecular complexity index is 323. The lowest BCUT2D eigenvalue weighted by molar-refractivity contribution is -0.140. The van der Waals surface area contributed by atoms with Crippen molar-refractivity contribution in [1.29, 1.82) is 0 Å². The molecule has 19 heavy (non-hydrogen) atoms. The lowest BCUT2D eigenvalue weighted by atomic mass is 10.0. The van der Waals surface area contributed by atoms with Gasteiger partial charge in [0.05, 0.1) is 0 Å². The van der Waals surface area contributed by atoms with Crippen LogP contribution in [-0.4, -0.2) is 66.7 Å². The molecule has 1 amide bonds. The van der Waals surface area contributed by atoms with Crippen LogP contribution < -0.4 is 5.73 Å². The van der Waals surface area contributed by atoms with Gasteiger partial charge in [-0.1, -0.05) is 0 Å². The predicted molar refractivity (Wildman–Crippen MR) is 72.7 cm³/mol. The van der Waals surface area contributed by atoms with Crippen molar-refractivity contribution in [2.45, 2.75) is 50.3 Å². The average Bonchev–Trinajstić information content (AvgIpc) is 3.10. The zero-order chi connectivity index (χ0) is 13.2. The fourth-order valence-corrected chi connectivity index (χ4v) is 3.50. The van der Waals surface area contributed by atoms with Crippen LogP contribution in [0.3, 0.4) is 0 Å². The summed E-state index contributed by atoms with van der Waals surface area (Å²) in [6.45, 7) is 4.71. The molecule has 0 aromatic heterocycles. The summed E-state index contributed by atoms with van der Waals surface area (Å²) in [6, 6.07) is 0.917.